The summed E-state index contributed by atoms with van der Waals surface area (Å²) in [6, 6.07) is 6.65. The second-order valence-electron chi connectivity index (χ2n) is 4.69. The van der Waals surface area contributed by atoms with Crippen LogP contribution in [0, 0.1) is 0 Å². The number of unbranched alkanes of at least 4 members (excludes halogenated alkanes) is 1. The molecule has 0 amide bonds. The van der Waals surface area contributed by atoms with E-state index in [1.54, 1.807) is 0 Å². The first-order chi connectivity index (χ1) is 8.27. The molecule has 0 fully saturated rings. The molecule has 1 heterocycles. The maximum atomic E-state index is 6.26. The summed E-state index contributed by atoms with van der Waals surface area (Å²) in [6.45, 7) is 4.39. The topological polar surface area (TPSA) is 41.8 Å². The first-order valence-corrected chi connectivity index (χ1v) is 6.62. The molecule has 17 heavy (non-hydrogen) atoms. The van der Waals surface area contributed by atoms with E-state index in [1.165, 1.54) is 34.9 Å². The van der Waals surface area contributed by atoms with Gasteiger partial charge in [0, 0.05) is 23.1 Å². The molecule has 0 saturated carbocycles. The Morgan fingerprint density at radius 3 is 2.82 bits per heavy atom. The molecular formula is C15H22N2. The number of hydrogen-bond donors (Lipinski definition) is 2. The monoisotopic (exact) mass is 230 g/mol. The first kappa shape index (κ1) is 12.2. The van der Waals surface area contributed by atoms with Crippen LogP contribution in [0.4, 0.5) is 0 Å². The van der Waals surface area contributed by atoms with Gasteiger partial charge in [-0.3, -0.25) is 0 Å². The molecule has 1 atom stereocenters. The van der Waals surface area contributed by atoms with Crippen LogP contribution in [0.5, 0.6) is 0 Å². The van der Waals surface area contributed by atoms with Crippen molar-refractivity contribution in [1.29, 1.82) is 0 Å². The van der Waals surface area contributed by atoms with Gasteiger partial charge in [0.2, 0.25) is 0 Å². The molecule has 92 valence electrons. The van der Waals surface area contributed by atoms with Crippen LogP contribution >= 0.6 is 0 Å². The van der Waals surface area contributed by atoms with Crippen LogP contribution in [0.15, 0.2) is 24.4 Å². The van der Waals surface area contributed by atoms with E-state index in [2.05, 4.69) is 43.2 Å². The van der Waals surface area contributed by atoms with E-state index in [9.17, 15) is 0 Å². The molecule has 0 radical (unpaired) electrons. The Morgan fingerprint density at radius 2 is 2.12 bits per heavy atom. The Morgan fingerprint density at radius 1 is 1.29 bits per heavy atom. The second-order valence-corrected chi connectivity index (χ2v) is 4.69. The lowest BCUT2D eigenvalue weighted by molar-refractivity contribution is 0.606. The number of aryl methyl sites for hydroxylation is 1. The van der Waals surface area contributed by atoms with E-state index in [0.717, 1.165) is 12.8 Å². The van der Waals surface area contributed by atoms with Crippen LogP contribution in [0.2, 0.25) is 0 Å². The zero-order chi connectivity index (χ0) is 12.3. The number of benzene rings is 1. The normalized spacial score (nSPS) is 13.1. The third-order valence-corrected chi connectivity index (χ3v) is 3.48. The number of fused-ring (bicyclic) bond motifs is 1. The number of nitrogens with one attached hydrogen (secondary N) is 1. The molecule has 0 aliphatic rings. The Hall–Kier alpha value is -1.28. The van der Waals surface area contributed by atoms with Gasteiger partial charge in [-0.2, -0.15) is 0 Å². The Bertz CT molecular complexity index is 485. The fraction of sp³-hybridized carbons (Fsp3) is 0.467. The molecule has 0 saturated heterocycles. The largest absolute Gasteiger partial charge is 0.361 e. The van der Waals surface area contributed by atoms with Gasteiger partial charge in [0.1, 0.15) is 0 Å². The van der Waals surface area contributed by atoms with Crippen LogP contribution in [0.3, 0.4) is 0 Å². The number of para-hydroxylation sites is 1. The highest BCUT2D eigenvalue weighted by Gasteiger charge is 2.12. The van der Waals surface area contributed by atoms with E-state index < -0.39 is 0 Å². The summed E-state index contributed by atoms with van der Waals surface area (Å²) in [5, 5.41) is 1.30. The van der Waals surface area contributed by atoms with Crippen molar-refractivity contribution in [3.8, 4) is 0 Å². The molecule has 2 nitrogen and oxygen atoms in total. The highest BCUT2D eigenvalue weighted by Crippen LogP contribution is 2.27. The zero-order valence-electron chi connectivity index (χ0n) is 10.8. The van der Waals surface area contributed by atoms with Crippen molar-refractivity contribution in [3.05, 3.63) is 35.5 Å². The molecule has 1 aromatic heterocycles. The van der Waals surface area contributed by atoms with Crippen molar-refractivity contribution in [2.24, 2.45) is 5.73 Å². The maximum Gasteiger partial charge on any atom is 0.0489 e. The number of aromatic nitrogens is 1. The molecule has 3 N–H and O–H groups in total. The Balaban J connectivity index is 2.36. The van der Waals surface area contributed by atoms with Crippen molar-refractivity contribution in [1.82, 2.24) is 4.98 Å². The Kier molecular flexibility index (Phi) is 3.85. The van der Waals surface area contributed by atoms with Gasteiger partial charge in [-0.25, -0.2) is 0 Å². The third-order valence-electron chi connectivity index (χ3n) is 3.48. The lowest BCUT2D eigenvalue weighted by Gasteiger charge is -2.10. The maximum absolute atomic E-state index is 6.26. The molecule has 1 aromatic carbocycles. The molecule has 2 rings (SSSR count). The summed E-state index contributed by atoms with van der Waals surface area (Å²) >= 11 is 0. The van der Waals surface area contributed by atoms with Crippen LogP contribution in [-0.4, -0.2) is 4.98 Å². The highest BCUT2D eigenvalue weighted by atomic mass is 14.7. The minimum atomic E-state index is 0.163. The molecule has 0 spiro atoms. The molecule has 2 aromatic rings. The summed E-state index contributed by atoms with van der Waals surface area (Å²) < 4.78 is 0. The van der Waals surface area contributed by atoms with Gasteiger partial charge < -0.3 is 10.7 Å². The molecule has 0 bridgehead atoms. The van der Waals surface area contributed by atoms with E-state index in [-0.39, 0.29) is 6.04 Å². The van der Waals surface area contributed by atoms with Crippen LogP contribution in [0.1, 0.15) is 50.3 Å². The predicted octanol–water partition coefficient (Wildman–Crippen LogP) is 3.92. The van der Waals surface area contributed by atoms with Crippen LogP contribution < -0.4 is 5.73 Å². The predicted molar refractivity (Wildman–Crippen MR) is 74.1 cm³/mol. The number of hydrogen-bond acceptors (Lipinski definition) is 1. The Labute approximate surface area is 103 Å². The van der Waals surface area contributed by atoms with Crippen LogP contribution in [-0.2, 0) is 6.42 Å². The van der Waals surface area contributed by atoms with E-state index >= 15 is 0 Å². The first-order valence-electron chi connectivity index (χ1n) is 6.62. The van der Waals surface area contributed by atoms with E-state index in [0.29, 0.717) is 0 Å². The van der Waals surface area contributed by atoms with E-state index in [1.807, 2.05) is 0 Å². The van der Waals surface area contributed by atoms with Gasteiger partial charge in [-0.05, 0) is 24.0 Å². The molecule has 1 unspecified atom stereocenters. The van der Waals surface area contributed by atoms with Gasteiger partial charge >= 0.3 is 0 Å². The standard InChI is InChI=1S/C15H22N2/c1-3-5-9-14(16)13-10-17-15-11(4-2)7-6-8-12(13)15/h6-8,10,14,17H,3-5,9,16H2,1-2H3. The quantitative estimate of drug-likeness (QED) is 0.803. The third kappa shape index (κ3) is 2.37. The molecule has 0 aliphatic carbocycles. The summed E-state index contributed by atoms with van der Waals surface area (Å²) in [5.74, 6) is 0. The number of aromatic amines is 1. The van der Waals surface area contributed by atoms with Gasteiger partial charge in [-0.1, -0.05) is 44.9 Å². The molecular weight excluding hydrogens is 208 g/mol. The molecule has 0 aliphatic heterocycles. The smallest absolute Gasteiger partial charge is 0.0489 e. The van der Waals surface area contributed by atoms with Crippen LogP contribution in [0.25, 0.3) is 10.9 Å². The minimum Gasteiger partial charge on any atom is -0.361 e. The second kappa shape index (κ2) is 5.37. The van der Waals surface area contributed by atoms with Gasteiger partial charge in [0.15, 0.2) is 0 Å². The average Bonchev–Trinajstić information content (AvgIpc) is 2.79. The lowest BCUT2D eigenvalue weighted by Crippen LogP contribution is -2.09. The fourth-order valence-corrected chi connectivity index (χ4v) is 2.42. The van der Waals surface area contributed by atoms with E-state index in [4.69, 9.17) is 5.73 Å². The summed E-state index contributed by atoms with van der Waals surface area (Å²) in [5.41, 5.74) is 10.2. The van der Waals surface area contributed by atoms with Crippen molar-refractivity contribution >= 4 is 10.9 Å². The number of nitrogens with two attached hydrogens (primary N) is 1. The number of H-pyrrole nitrogens is 1. The SMILES string of the molecule is CCCCC(N)c1c[nH]c2c(CC)cccc12. The van der Waals surface area contributed by atoms with Gasteiger partial charge in [0.05, 0.1) is 0 Å². The summed E-state index contributed by atoms with van der Waals surface area (Å²) in [7, 11) is 0. The van der Waals surface area contributed by atoms with Crippen molar-refractivity contribution < 1.29 is 0 Å². The summed E-state index contributed by atoms with van der Waals surface area (Å²) in [6.07, 6.45) is 6.61. The average molecular weight is 230 g/mol. The zero-order valence-corrected chi connectivity index (χ0v) is 10.8. The minimum absolute atomic E-state index is 0.163. The van der Waals surface area contributed by atoms with Gasteiger partial charge in [0.25, 0.3) is 0 Å². The highest BCUT2D eigenvalue weighted by molar-refractivity contribution is 5.86. The molecule has 2 heteroatoms. The summed E-state index contributed by atoms with van der Waals surface area (Å²) in [4.78, 5) is 3.39. The number of rotatable bonds is 5. The van der Waals surface area contributed by atoms with Gasteiger partial charge in [-0.15, -0.1) is 0 Å². The fourth-order valence-electron chi connectivity index (χ4n) is 2.42. The van der Waals surface area contributed by atoms with Crippen molar-refractivity contribution in [3.63, 3.8) is 0 Å². The lowest BCUT2D eigenvalue weighted by atomic mass is 10.00. The van der Waals surface area contributed by atoms with Crippen molar-refractivity contribution in [2.75, 3.05) is 0 Å². The van der Waals surface area contributed by atoms with Crippen molar-refractivity contribution in [2.45, 2.75) is 45.6 Å².